The second-order valence-corrected chi connectivity index (χ2v) is 11.3. The van der Waals surface area contributed by atoms with Crippen LogP contribution in [0.3, 0.4) is 0 Å². The highest BCUT2D eigenvalue weighted by Gasteiger charge is 2.47. The van der Waals surface area contributed by atoms with Gasteiger partial charge in [-0.1, -0.05) is 52.4 Å². The molecule has 11 unspecified atom stereocenters. The molecule has 7 N–H and O–H groups in total. The summed E-state index contributed by atoms with van der Waals surface area (Å²) >= 11 is 0. The second-order valence-electron chi connectivity index (χ2n) is 11.3. The molecular weight excluding hydrogens is 588 g/mol. The van der Waals surface area contributed by atoms with Gasteiger partial charge in [-0.15, -0.1) is 0 Å². The fourth-order valence-electron chi connectivity index (χ4n) is 4.80. The van der Waals surface area contributed by atoms with E-state index in [-0.39, 0.29) is 26.1 Å². The van der Waals surface area contributed by atoms with Crippen molar-refractivity contribution in [3.63, 3.8) is 0 Å². The number of carbonyl (C=O) groups is 2. The van der Waals surface area contributed by atoms with Crippen LogP contribution in [0.1, 0.15) is 78.1 Å². The maximum absolute atomic E-state index is 12.5. The topological polar surface area (TPSA) is 231 Å². The van der Waals surface area contributed by atoms with Gasteiger partial charge in [-0.05, 0) is 12.8 Å². The SMILES string of the molecule is CCCCCCCC(=O)OC(COC(=O)CCCCC)COC1OC(COC2OC(CO)C(O)C(O)C2O)C(O)C(O)C1O. The molecule has 0 radical (unpaired) electrons. The summed E-state index contributed by atoms with van der Waals surface area (Å²) in [6.07, 6.45) is -9.35. The first-order valence-electron chi connectivity index (χ1n) is 15.6. The summed E-state index contributed by atoms with van der Waals surface area (Å²) in [6, 6.07) is 0. The molecule has 0 aromatic rings. The highest BCUT2D eigenvalue weighted by Crippen LogP contribution is 2.26. The van der Waals surface area contributed by atoms with E-state index in [1.54, 1.807) is 0 Å². The average Bonchev–Trinajstić information content (AvgIpc) is 3.01. The molecule has 0 bridgehead atoms. The van der Waals surface area contributed by atoms with Crippen molar-refractivity contribution in [1.82, 2.24) is 0 Å². The smallest absolute Gasteiger partial charge is 0.306 e. The van der Waals surface area contributed by atoms with Crippen LogP contribution >= 0.6 is 0 Å². The number of carbonyl (C=O) groups excluding carboxylic acids is 2. The molecule has 0 spiro atoms. The summed E-state index contributed by atoms with van der Waals surface area (Å²) in [5, 5.41) is 70.8. The summed E-state index contributed by atoms with van der Waals surface area (Å²) in [5.74, 6) is -0.972. The molecule has 258 valence electrons. The van der Waals surface area contributed by atoms with Crippen molar-refractivity contribution in [2.45, 2.75) is 146 Å². The number of esters is 2. The van der Waals surface area contributed by atoms with Gasteiger partial charge in [0.05, 0.1) is 19.8 Å². The molecule has 2 heterocycles. The van der Waals surface area contributed by atoms with Gasteiger partial charge in [-0.25, -0.2) is 0 Å². The molecule has 44 heavy (non-hydrogen) atoms. The van der Waals surface area contributed by atoms with Gasteiger partial charge in [-0.2, -0.15) is 0 Å². The average molecular weight is 641 g/mol. The molecule has 15 heteroatoms. The maximum Gasteiger partial charge on any atom is 0.306 e. The van der Waals surface area contributed by atoms with Gasteiger partial charge >= 0.3 is 11.9 Å². The van der Waals surface area contributed by atoms with Crippen LogP contribution in [0.4, 0.5) is 0 Å². The molecule has 15 nitrogen and oxygen atoms in total. The Kier molecular flexibility index (Phi) is 18.1. The lowest BCUT2D eigenvalue weighted by molar-refractivity contribution is -0.332. The number of aliphatic hydroxyl groups is 7. The van der Waals surface area contributed by atoms with Gasteiger partial charge in [0, 0.05) is 12.8 Å². The Morgan fingerprint density at radius 1 is 0.636 bits per heavy atom. The van der Waals surface area contributed by atoms with Crippen LogP contribution in [0.15, 0.2) is 0 Å². The molecular formula is C29H52O15. The molecule has 0 aliphatic carbocycles. The maximum atomic E-state index is 12.5. The Labute approximate surface area is 258 Å². The summed E-state index contributed by atoms with van der Waals surface area (Å²) < 4.78 is 32.7. The van der Waals surface area contributed by atoms with E-state index in [4.69, 9.17) is 28.4 Å². The lowest BCUT2D eigenvalue weighted by Crippen LogP contribution is -2.61. The molecule has 2 saturated heterocycles. The third-order valence-corrected chi connectivity index (χ3v) is 7.59. The molecule has 11 atom stereocenters. The van der Waals surface area contributed by atoms with Crippen LogP contribution in [0.25, 0.3) is 0 Å². The summed E-state index contributed by atoms with van der Waals surface area (Å²) in [4.78, 5) is 24.6. The van der Waals surface area contributed by atoms with Gasteiger partial charge < -0.3 is 64.2 Å². The molecule has 0 aromatic heterocycles. The van der Waals surface area contributed by atoms with Crippen LogP contribution in [0.5, 0.6) is 0 Å². The molecule has 2 aliphatic heterocycles. The van der Waals surface area contributed by atoms with Crippen molar-refractivity contribution in [2.75, 3.05) is 26.4 Å². The quantitative estimate of drug-likeness (QED) is 0.0626. The fourth-order valence-corrected chi connectivity index (χ4v) is 4.80. The Morgan fingerprint density at radius 2 is 1.16 bits per heavy atom. The van der Waals surface area contributed by atoms with E-state index in [9.17, 15) is 45.3 Å². The van der Waals surface area contributed by atoms with E-state index in [0.29, 0.717) is 12.8 Å². The van der Waals surface area contributed by atoms with Crippen molar-refractivity contribution >= 4 is 11.9 Å². The molecule has 2 fully saturated rings. The standard InChI is InChI=1S/C29H52O15/c1-3-5-7-8-10-12-21(32)42-17(14-39-20(31)11-9-6-4-2)15-40-28-27(38)25(36)23(34)19(44-28)16-41-29-26(37)24(35)22(33)18(13-30)43-29/h17-19,22-30,33-38H,3-16H2,1-2H3. The lowest BCUT2D eigenvalue weighted by atomic mass is 9.98. The zero-order valence-electron chi connectivity index (χ0n) is 25.6. The zero-order valence-corrected chi connectivity index (χ0v) is 25.6. The zero-order chi connectivity index (χ0) is 32.6. The molecule has 0 aromatic carbocycles. The first-order chi connectivity index (χ1) is 21.0. The van der Waals surface area contributed by atoms with E-state index in [2.05, 4.69) is 6.92 Å². The number of hydrogen-bond donors (Lipinski definition) is 7. The second kappa shape index (κ2) is 20.6. The Morgan fingerprint density at radius 3 is 1.80 bits per heavy atom. The summed E-state index contributed by atoms with van der Waals surface area (Å²) in [5.41, 5.74) is 0. The van der Waals surface area contributed by atoms with E-state index in [1.165, 1.54) is 0 Å². The Hall–Kier alpha value is -1.50. The van der Waals surface area contributed by atoms with Crippen LogP contribution in [-0.4, -0.2) is 142 Å². The predicted molar refractivity (Wildman–Crippen MR) is 151 cm³/mol. The normalized spacial score (nSPS) is 33.1. The first kappa shape index (κ1) is 38.7. The van der Waals surface area contributed by atoms with Gasteiger partial charge in [0.1, 0.15) is 55.4 Å². The van der Waals surface area contributed by atoms with Crippen LogP contribution in [0, 0.1) is 0 Å². The predicted octanol–water partition coefficient (Wildman–Crippen LogP) is -0.977. The largest absolute Gasteiger partial charge is 0.462 e. The monoisotopic (exact) mass is 640 g/mol. The van der Waals surface area contributed by atoms with Crippen LogP contribution < -0.4 is 0 Å². The molecule has 2 rings (SSSR count). The highest BCUT2D eigenvalue weighted by molar-refractivity contribution is 5.70. The van der Waals surface area contributed by atoms with E-state index < -0.39 is 92.7 Å². The van der Waals surface area contributed by atoms with Gasteiger partial charge in [0.15, 0.2) is 18.7 Å². The first-order valence-corrected chi connectivity index (χ1v) is 15.6. The number of aliphatic hydroxyl groups excluding tert-OH is 7. The Balaban J connectivity index is 1.98. The number of hydrogen-bond acceptors (Lipinski definition) is 15. The van der Waals surface area contributed by atoms with Gasteiger partial charge in [0.25, 0.3) is 0 Å². The third kappa shape index (κ3) is 12.4. The fraction of sp³-hybridized carbons (Fsp3) is 0.931. The minimum atomic E-state index is -1.75. The minimum Gasteiger partial charge on any atom is -0.462 e. The third-order valence-electron chi connectivity index (χ3n) is 7.59. The Bertz CT molecular complexity index is 814. The van der Waals surface area contributed by atoms with Crippen molar-refractivity contribution < 1.29 is 73.8 Å². The minimum absolute atomic E-state index is 0.162. The van der Waals surface area contributed by atoms with Crippen molar-refractivity contribution in [2.24, 2.45) is 0 Å². The van der Waals surface area contributed by atoms with E-state index in [1.807, 2.05) is 6.92 Å². The van der Waals surface area contributed by atoms with E-state index in [0.717, 1.165) is 38.5 Å². The summed E-state index contributed by atoms with van der Waals surface area (Å²) in [6.45, 7) is 2.21. The number of ether oxygens (including phenoxy) is 6. The van der Waals surface area contributed by atoms with Gasteiger partial charge in [-0.3, -0.25) is 9.59 Å². The van der Waals surface area contributed by atoms with Crippen molar-refractivity contribution in [3.05, 3.63) is 0 Å². The van der Waals surface area contributed by atoms with Gasteiger partial charge in [0.2, 0.25) is 0 Å². The molecule has 0 amide bonds. The number of rotatable bonds is 20. The van der Waals surface area contributed by atoms with Crippen molar-refractivity contribution in [1.29, 1.82) is 0 Å². The highest BCUT2D eigenvalue weighted by atomic mass is 16.7. The number of unbranched alkanes of at least 4 members (excludes halogenated alkanes) is 6. The van der Waals surface area contributed by atoms with E-state index >= 15 is 0 Å². The van der Waals surface area contributed by atoms with Crippen LogP contribution in [-0.2, 0) is 38.0 Å². The summed E-state index contributed by atoms with van der Waals surface area (Å²) in [7, 11) is 0. The van der Waals surface area contributed by atoms with Crippen molar-refractivity contribution in [3.8, 4) is 0 Å². The lowest BCUT2D eigenvalue weighted by Gasteiger charge is -2.42. The molecule has 0 saturated carbocycles. The molecule has 2 aliphatic rings. The van der Waals surface area contributed by atoms with Crippen LogP contribution in [0.2, 0.25) is 0 Å².